The number of urea groups is 1. The topological polar surface area (TPSA) is 100 Å². The van der Waals surface area contributed by atoms with Gasteiger partial charge in [0, 0.05) is 17.8 Å². The molecule has 1 aliphatic heterocycles. The van der Waals surface area contributed by atoms with Crippen molar-refractivity contribution in [2.45, 2.75) is 45.4 Å². The molecular weight excluding hydrogens is 344 g/mol. The molecule has 2 aliphatic rings. The lowest BCUT2D eigenvalue weighted by molar-refractivity contribution is -0.130. The zero-order valence-corrected chi connectivity index (χ0v) is 15.5. The van der Waals surface area contributed by atoms with Crippen molar-refractivity contribution in [3.8, 4) is 0 Å². The van der Waals surface area contributed by atoms with Gasteiger partial charge in [-0.1, -0.05) is 24.1 Å². The summed E-state index contributed by atoms with van der Waals surface area (Å²) >= 11 is 0. The van der Waals surface area contributed by atoms with Crippen molar-refractivity contribution in [3.05, 3.63) is 41.6 Å². The molecule has 2 heterocycles. The fraction of sp³-hybridized carbons (Fsp3) is 0.421. The van der Waals surface area contributed by atoms with Crippen LogP contribution < -0.4 is 21.3 Å². The third-order valence-corrected chi connectivity index (χ3v) is 5.16. The van der Waals surface area contributed by atoms with E-state index < -0.39 is 6.29 Å². The molecule has 8 nitrogen and oxygen atoms in total. The molecule has 1 aromatic heterocycles. The van der Waals surface area contributed by atoms with E-state index in [0.717, 1.165) is 30.5 Å². The van der Waals surface area contributed by atoms with Crippen molar-refractivity contribution in [1.82, 2.24) is 20.4 Å². The summed E-state index contributed by atoms with van der Waals surface area (Å²) in [5.41, 5.74) is 2.59. The highest BCUT2D eigenvalue weighted by molar-refractivity contribution is 5.99. The Morgan fingerprint density at radius 1 is 1.19 bits per heavy atom. The van der Waals surface area contributed by atoms with E-state index in [-0.39, 0.29) is 23.9 Å². The SMILES string of the molecule is Cc1ccc(NC(=O)Nc2cc(C)nn2C2NC(=O)C3CCCC3N2)cc1. The largest absolute Gasteiger partial charge is 0.324 e. The maximum atomic E-state index is 12.4. The summed E-state index contributed by atoms with van der Waals surface area (Å²) in [4.78, 5) is 24.8. The zero-order valence-electron chi connectivity index (χ0n) is 15.5. The first kappa shape index (κ1) is 17.5. The quantitative estimate of drug-likeness (QED) is 0.669. The maximum Gasteiger partial charge on any atom is 0.324 e. The second kappa shape index (κ2) is 7.03. The Morgan fingerprint density at radius 3 is 2.74 bits per heavy atom. The number of nitrogens with one attached hydrogen (secondary N) is 4. The lowest BCUT2D eigenvalue weighted by Crippen LogP contribution is -2.57. The molecule has 1 saturated carbocycles. The van der Waals surface area contributed by atoms with Crippen LogP contribution in [-0.4, -0.2) is 27.8 Å². The number of hydrogen-bond acceptors (Lipinski definition) is 4. The number of fused-ring (bicyclic) bond motifs is 1. The molecule has 1 saturated heterocycles. The molecule has 0 radical (unpaired) electrons. The molecule has 4 rings (SSSR count). The Morgan fingerprint density at radius 2 is 1.96 bits per heavy atom. The van der Waals surface area contributed by atoms with Gasteiger partial charge in [0.05, 0.1) is 11.6 Å². The summed E-state index contributed by atoms with van der Waals surface area (Å²) in [6.45, 7) is 3.84. The Hall–Kier alpha value is -2.87. The lowest BCUT2D eigenvalue weighted by Gasteiger charge is -2.34. The Kier molecular flexibility index (Phi) is 4.57. The van der Waals surface area contributed by atoms with Crippen molar-refractivity contribution in [2.24, 2.45) is 5.92 Å². The van der Waals surface area contributed by atoms with Crippen LogP contribution in [0.2, 0.25) is 0 Å². The summed E-state index contributed by atoms with van der Waals surface area (Å²) in [6, 6.07) is 9.14. The van der Waals surface area contributed by atoms with Crippen LogP contribution in [0, 0.1) is 19.8 Å². The molecule has 8 heteroatoms. The minimum atomic E-state index is -0.472. The first-order valence-corrected chi connectivity index (χ1v) is 9.27. The van der Waals surface area contributed by atoms with Crippen LogP contribution in [0.4, 0.5) is 16.3 Å². The Balaban J connectivity index is 1.48. The van der Waals surface area contributed by atoms with Crippen LogP contribution in [0.15, 0.2) is 30.3 Å². The summed E-state index contributed by atoms with van der Waals surface area (Å²) in [5, 5.41) is 16.5. The van der Waals surface area contributed by atoms with Gasteiger partial charge in [-0.25, -0.2) is 9.48 Å². The van der Waals surface area contributed by atoms with Gasteiger partial charge in [-0.2, -0.15) is 5.10 Å². The minimum Gasteiger partial charge on any atom is -0.322 e. The normalized spacial score (nSPS) is 24.2. The predicted octanol–water partition coefficient (Wildman–Crippen LogP) is 2.49. The van der Waals surface area contributed by atoms with Gasteiger partial charge >= 0.3 is 6.03 Å². The molecule has 0 bridgehead atoms. The summed E-state index contributed by atoms with van der Waals surface area (Å²) in [6.07, 6.45) is 2.47. The number of aromatic nitrogens is 2. The predicted molar refractivity (Wildman–Crippen MR) is 102 cm³/mol. The number of carbonyl (C=O) groups excluding carboxylic acids is 2. The molecule has 3 atom stereocenters. The summed E-state index contributed by atoms with van der Waals surface area (Å²) < 4.78 is 1.62. The average Bonchev–Trinajstić information content (AvgIpc) is 3.23. The van der Waals surface area contributed by atoms with E-state index in [9.17, 15) is 9.59 Å². The molecule has 1 aromatic carbocycles. The number of anilines is 2. The molecule has 4 N–H and O–H groups in total. The fourth-order valence-corrected chi connectivity index (χ4v) is 3.81. The summed E-state index contributed by atoms with van der Waals surface area (Å²) in [5.74, 6) is 0.593. The van der Waals surface area contributed by atoms with Crippen molar-refractivity contribution < 1.29 is 9.59 Å². The monoisotopic (exact) mass is 368 g/mol. The van der Waals surface area contributed by atoms with Crippen LogP contribution in [0.25, 0.3) is 0 Å². The van der Waals surface area contributed by atoms with Gasteiger partial charge in [0.25, 0.3) is 0 Å². The van der Waals surface area contributed by atoms with Crippen LogP contribution in [-0.2, 0) is 4.79 Å². The number of nitrogens with zero attached hydrogens (tertiary/aromatic N) is 2. The Labute approximate surface area is 157 Å². The van der Waals surface area contributed by atoms with Gasteiger partial charge in [-0.15, -0.1) is 0 Å². The molecule has 142 valence electrons. The standard InChI is InChI=1S/C19H24N6O2/c1-11-6-8-13(9-7-11)20-19(27)22-16-10-12(2)24-25(16)18-21-15-5-3-4-14(15)17(26)23-18/h6-10,14-15,18,21H,3-5H2,1-2H3,(H,23,26)(H2,20,22,27). The first-order chi connectivity index (χ1) is 13.0. The van der Waals surface area contributed by atoms with Gasteiger partial charge in [0.15, 0.2) is 6.29 Å². The zero-order chi connectivity index (χ0) is 19.0. The maximum absolute atomic E-state index is 12.4. The van der Waals surface area contributed by atoms with Crippen molar-refractivity contribution in [3.63, 3.8) is 0 Å². The highest BCUT2D eigenvalue weighted by Gasteiger charge is 2.40. The molecule has 2 fully saturated rings. The highest BCUT2D eigenvalue weighted by Crippen LogP contribution is 2.30. The summed E-state index contributed by atoms with van der Waals surface area (Å²) in [7, 11) is 0. The number of carbonyl (C=O) groups is 2. The van der Waals surface area contributed by atoms with Gasteiger partial charge < -0.3 is 10.6 Å². The minimum absolute atomic E-state index is 0.0270. The van der Waals surface area contributed by atoms with E-state index in [2.05, 4.69) is 26.4 Å². The van der Waals surface area contributed by atoms with Crippen LogP contribution in [0.5, 0.6) is 0 Å². The third-order valence-electron chi connectivity index (χ3n) is 5.16. The number of aryl methyl sites for hydroxylation is 2. The third kappa shape index (κ3) is 3.66. The molecule has 27 heavy (non-hydrogen) atoms. The fourth-order valence-electron chi connectivity index (χ4n) is 3.81. The number of amides is 3. The lowest BCUT2D eigenvalue weighted by atomic mass is 10.0. The molecule has 0 spiro atoms. The van der Waals surface area contributed by atoms with Crippen LogP contribution in [0.1, 0.15) is 36.8 Å². The number of benzene rings is 1. The molecule has 3 amide bonds. The van der Waals surface area contributed by atoms with E-state index in [1.165, 1.54) is 0 Å². The average molecular weight is 368 g/mol. The van der Waals surface area contributed by atoms with E-state index in [0.29, 0.717) is 11.5 Å². The van der Waals surface area contributed by atoms with Gasteiger partial charge in [-0.05, 0) is 38.8 Å². The molecule has 1 aliphatic carbocycles. The highest BCUT2D eigenvalue weighted by atomic mass is 16.2. The second-order valence-electron chi connectivity index (χ2n) is 7.28. The number of hydrogen-bond donors (Lipinski definition) is 4. The van der Waals surface area contributed by atoms with Crippen LogP contribution >= 0.6 is 0 Å². The van der Waals surface area contributed by atoms with Gasteiger partial charge in [0.2, 0.25) is 5.91 Å². The number of rotatable bonds is 3. The smallest absolute Gasteiger partial charge is 0.322 e. The van der Waals surface area contributed by atoms with E-state index in [4.69, 9.17) is 0 Å². The van der Waals surface area contributed by atoms with Crippen LogP contribution in [0.3, 0.4) is 0 Å². The molecular formula is C19H24N6O2. The van der Waals surface area contributed by atoms with Crippen molar-refractivity contribution in [1.29, 1.82) is 0 Å². The van der Waals surface area contributed by atoms with Crippen molar-refractivity contribution in [2.75, 3.05) is 10.6 Å². The second-order valence-corrected chi connectivity index (χ2v) is 7.28. The van der Waals surface area contributed by atoms with E-state index >= 15 is 0 Å². The van der Waals surface area contributed by atoms with Gasteiger partial charge in [0.1, 0.15) is 5.82 Å². The van der Waals surface area contributed by atoms with E-state index in [1.54, 1.807) is 10.7 Å². The van der Waals surface area contributed by atoms with Gasteiger partial charge in [-0.3, -0.25) is 15.4 Å². The first-order valence-electron chi connectivity index (χ1n) is 9.27. The van der Waals surface area contributed by atoms with Crippen molar-refractivity contribution >= 4 is 23.4 Å². The molecule has 2 aromatic rings. The molecule has 3 unspecified atom stereocenters. The van der Waals surface area contributed by atoms with E-state index in [1.807, 2.05) is 38.1 Å². The Bertz CT molecular complexity index is 860.